The van der Waals surface area contributed by atoms with Gasteiger partial charge >= 0.3 is 11.7 Å². The maximum absolute atomic E-state index is 13.5. The summed E-state index contributed by atoms with van der Waals surface area (Å²) in [6.45, 7) is 0.998. The van der Waals surface area contributed by atoms with Crippen molar-refractivity contribution in [3.8, 4) is 11.4 Å². The Morgan fingerprint density at radius 1 is 1.07 bits per heavy atom. The van der Waals surface area contributed by atoms with E-state index in [9.17, 15) is 26.7 Å². The number of Topliss-reactive ketones (excluding diaryl/α,β-unsaturated/α-hetero) is 1. The second-order valence-corrected chi connectivity index (χ2v) is 9.73. The highest BCUT2D eigenvalue weighted by atomic mass is 19.4. The predicted octanol–water partition coefficient (Wildman–Crippen LogP) is 4.55. The largest absolute Gasteiger partial charge is 0.433 e. The first-order valence-electron chi connectivity index (χ1n) is 12.9. The molecule has 0 atom stereocenters. The highest BCUT2D eigenvalue weighted by molar-refractivity contribution is 5.83. The maximum Gasteiger partial charge on any atom is 0.433 e. The third kappa shape index (κ3) is 6.49. The van der Waals surface area contributed by atoms with Gasteiger partial charge in [-0.1, -0.05) is 0 Å². The molecule has 0 bridgehead atoms. The van der Waals surface area contributed by atoms with Gasteiger partial charge in [-0.25, -0.2) is 18.7 Å². The average Bonchev–Trinajstić information content (AvgIpc) is 3.36. The number of hydrogen-bond donors (Lipinski definition) is 1. The van der Waals surface area contributed by atoms with E-state index >= 15 is 0 Å². The first kappa shape index (κ1) is 27.4. The van der Waals surface area contributed by atoms with Crippen LogP contribution in [0.4, 0.5) is 27.9 Å². The van der Waals surface area contributed by atoms with E-state index < -0.39 is 11.9 Å². The summed E-state index contributed by atoms with van der Waals surface area (Å²) in [5, 5.41) is 3.07. The summed E-state index contributed by atoms with van der Waals surface area (Å²) in [6, 6.07) is 6.62. The van der Waals surface area contributed by atoms with Gasteiger partial charge in [-0.15, -0.1) is 4.36 Å². The number of alkyl halides is 3. The van der Waals surface area contributed by atoms with Crippen LogP contribution in [-0.2, 0) is 11.0 Å². The van der Waals surface area contributed by atoms with Crippen molar-refractivity contribution in [2.24, 2.45) is 5.92 Å². The molecule has 1 saturated heterocycles. The molecule has 3 heterocycles. The van der Waals surface area contributed by atoms with Gasteiger partial charge in [0, 0.05) is 37.7 Å². The minimum Gasteiger partial charge on any atom is -0.341 e. The summed E-state index contributed by atoms with van der Waals surface area (Å²) in [5.74, 6) is -0.171. The maximum atomic E-state index is 13.5. The molecule has 2 aliphatic rings. The van der Waals surface area contributed by atoms with Crippen molar-refractivity contribution in [1.29, 1.82) is 0 Å². The molecular weight excluding hydrogens is 531 g/mol. The van der Waals surface area contributed by atoms with Crippen molar-refractivity contribution in [2.75, 3.05) is 18.0 Å². The lowest BCUT2D eigenvalue weighted by Crippen LogP contribution is -2.40. The summed E-state index contributed by atoms with van der Waals surface area (Å²) in [7, 11) is 0. The molecule has 0 radical (unpaired) electrons. The summed E-state index contributed by atoms with van der Waals surface area (Å²) >= 11 is 0. The van der Waals surface area contributed by atoms with E-state index in [1.54, 1.807) is 23.1 Å². The molecule has 1 aromatic carbocycles. The van der Waals surface area contributed by atoms with E-state index in [1.807, 2.05) is 0 Å². The topological polar surface area (TPSA) is 80.7 Å². The lowest BCUT2D eigenvalue weighted by atomic mass is 9.91. The second kappa shape index (κ2) is 11.5. The number of ketones is 1. The van der Waals surface area contributed by atoms with Crippen LogP contribution in [0.5, 0.6) is 0 Å². The molecule has 0 unspecified atom stereocenters. The predicted molar refractivity (Wildman–Crippen MR) is 136 cm³/mol. The van der Waals surface area contributed by atoms with E-state index in [-0.39, 0.29) is 35.7 Å². The third-order valence-corrected chi connectivity index (χ3v) is 6.94. The fraction of sp³-hybridized carbons (Fsp3) is 0.321. The normalized spacial score (nSPS) is 18.3. The fourth-order valence-electron chi connectivity index (χ4n) is 4.73. The Balaban J connectivity index is 1.27. The van der Waals surface area contributed by atoms with E-state index in [0.29, 0.717) is 61.2 Å². The second-order valence-electron chi connectivity index (χ2n) is 9.73. The molecular formula is C28H26F5N6O+. The van der Waals surface area contributed by atoms with Crippen molar-refractivity contribution >= 4 is 17.3 Å². The zero-order chi connectivity index (χ0) is 28.3. The van der Waals surface area contributed by atoms with Crippen LogP contribution in [0.25, 0.3) is 17.0 Å². The summed E-state index contributed by atoms with van der Waals surface area (Å²) in [4.78, 5) is 26.9. The number of anilines is 1. The van der Waals surface area contributed by atoms with Crippen molar-refractivity contribution < 1.29 is 31.1 Å². The van der Waals surface area contributed by atoms with Crippen LogP contribution in [0.15, 0.2) is 60.6 Å². The van der Waals surface area contributed by atoms with Crippen molar-refractivity contribution in [3.05, 3.63) is 83.8 Å². The average molecular weight is 558 g/mol. The van der Waals surface area contributed by atoms with Crippen LogP contribution in [0.2, 0.25) is 0 Å². The molecule has 1 fully saturated rings. The summed E-state index contributed by atoms with van der Waals surface area (Å²) < 4.78 is 67.4. The van der Waals surface area contributed by atoms with Crippen molar-refractivity contribution in [1.82, 2.24) is 20.1 Å². The fourth-order valence-corrected chi connectivity index (χ4v) is 4.73. The van der Waals surface area contributed by atoms with Crippen LogP contribution in [0, 0.1) is 17.9 Å². The number of H-pyrrole nitrogens is 1. The number of nitrogens with one attached hydrogen (secondary N) is 1. The Hall–Kier alpha value is -4.22. The van der Waals surface area contributed by atoms with Gasteiger partial charge in [-0.3, -0.25) is 4.79 Å². The van der Waals surface area contributed by atoms with Crippen LogP contribution >= 0.6 is 0 Å². The molecule has 1 N–H and O–H groups in total. The number of halogens is 5. The SMILES string of the molecule is O=C(C=[n+]1[nH]c(-c2ccc(F)cc2)nc1=C1C=CC(F)=CC1)CCC1CCN(c2nccc(C(F)(F)F)n2)CC1. The lowest BCUT2D eigenvalue weighted by Gasteiger charge is -2.32. The summed E-state index contributed by atoms with van der Waals surface area (Å²) in [5.41, 5.74) is 0.809. The minimum atomic E-state index is -4.53. The molecule has 3 aromatic rings. The molecule has 7 nitrogen and oxygen atoms in total. The molecule has 0 spiro atoms. The van der Waals surface area contributed by atoms with Crippen LogP contribution in [0.1, 0.15) is 37.8 Å². The van der Waals surface area contributed by atoms with Gasteiger partial charge in [0.25, 0.3) is 5.82 Å². The standard InChI is InChI=1S/C28H25F5N6O/c29-21-6-2-19(3-7-21)25-36-26(20-4-8-22(30)9-5-20)39(37-25)17-23(40)10-1-18-12-15-38(16-13-18)27-34-14-11-24(35-27)28(31,32)33/h2-4,6-9,11,14,17-18H,1,5,10,12-13,15-16H2/p+1. The van der Waals surface area contributed by atoms with Gasteiger partial charge in [-0.05, 0) is 78.7 Å². The van der Waals surface area contributed by atoms with E-state index in [2.05, 4.69) is 20.1 Å². The van der Waals surface area contributed by atoms with Gasteiger partial charge in [0.15, 0.2) is 12.0 Å². The zero-order valence-electron chi connectivity index (χ0n) is 21.3. The number of carbonyl (C=O) groups is 1. The zero-order valence-corrected chi connectivity index (χ0v) is 21.3. The Morgan fingerprint density at radius 3 is 2.50 bits per heavy atom. The van der Waals surface area contributed by atoms with Crippen LogP contribution in [-0.4, -0.2) is 38.9 Å². The molecule has 1 aliphatic heterocycles. The number of aromatic nitrogens is 5. The van der Waals surface area contributed by atoms with Gasteiger partial charge < -0.3 is 4.90 Å². The Morgan fingerprint density at radius 2 is 1.82 bits per heavy atom. The van der Waals surface area contributed by atoms with Crippen LogP contribution in [0.3, 0.4) is 0 Å². The minimum absolute atomic E-state index is 0.0572. The summed E-state index contributed by atoms with van der Waals surface area (Å²) in [6.07, 6.45) is 4.93. The molecule has 0 saturated carbocycles. The Kier molecular flexibility index (Phi) is 7.85. The third-order valence-electron chi connectivity index (χ3n) is 6.94. The molecule has 5 rings (SSSR count). The van der Waals surface area contributed by atoms with Crippen molar-refractivity contribution in [3.63, 3.8) is 0 Å². The monoisotopic (exact) mass is 557 g/mol. The first-order chi connectivity index (χ1) is 19.2. The number of rotatable bonds is 6. The van der Waals surface area contributed by atoms with E-state index in [1.165, 1.54) is 34.9 Å². The first-order valence-corrected chi connectivity index (χ1v) is 12.9. The highest BCUT2D eigenvalue weighted by Crippen LogP contribution is 2.29. The lowest BCUT2D eigenvalue weighted by molar-refractivity contribution is -0.585. The molecule has 12 heteroatoms. The number of nitrogens with zero attached hydrogens (tertiary/aromatic N) is 5. The van der Waals surface area contributed by atoms with Gasteiger partial charge in [0.2, 0.25) is 5.95 Å². The quantitative estimate of drug-likeness (QED) is 0.355. The smallest absolute Gasteiger partial charge is 0.341 e. The van der Waals surface area contributed by atoms with Gasteiger partial charge in [-0.2, -0.15) is 18.3 Å². The highest BCUT2D eigenvalue weighted by Gasteiger charge is 2.33. The molecule has 2 aromatic heterocycles. The number of carbonyl (C=O) groups excluding carboxylic acids is 1. The number of aromatic amines is 1. The van der Waals surface area contributed by atoms with Crippen molar-refractivity contribution in [2.45, 2.75) is 38.3 Å². The number of benzene rings is 1. The van der Waals surface area contributed by atoms with Gasteiger partial charge in [0.05, 0.1) is 5.57 Å². The Labute approximate surface area is 226 Å². The van der Waals surface area contributed by atoms with Crippen LogP contribution < -0.4 is 14.7 Å². The van der Waals surface area contributed by atoms with Gasteiger partial charge in [0.1, 0.15) is 17.3 Å². The number of allylic oxidation sites excluding steroid dienone is 4. The Bertz CT molecular complexity index is 1570. The molecule has 40 heavy (non-hydrogen) atoms. The molecule has 208 valence electrons. The van der Waals surface area contributed by atoms with E-state index in [4.69, 9.17) is 0 Å². The molecule has 1 aliphatic carbocycles. The number of hydrogen-bond acceptors (Lipinski definition) is 5. The molecule has 0 amide bonds. The van der Waals surface area contributed by atoms with E-state index in [0.717, 1.165) is 12.3 Å². The number of piperidine rings is 1.